The summed E-state index contributed by atoms with van der Waals surface area (Å²) in [5.74, 6) is 1.74. The van der Waals surface area contributed by atoms with Gasteiger partial charge in [0, 0.05) is 3.92 Å². The molecule has 0 radical (unpaired) electrons. The van der Waals surface area contributed by atoms with Crippen LogP contribution < -0.4 is 0 Å². The van der Waals surface area contributed by atoms with Gasteiger partial charge in [0.05, 0.1) is 0 Å². The highest BCUT2D eigenvalue weighted by Crippen LogP contribution is 2.36. The Balaban J connectivity index is 2.50. The summed E-state index contributed by atoms with van der Waals surface area (Å²) in [7, 11) is 0. The quantitative estimate of drug-likeness (QED) is 0.384. The molecule has 1 aliphatic rings. The Morgan fingerprint density at radius 1 is 1.45 bits per heavy atom. The molecule has 11 heavy (non-hydrogen) atoms. The van der Waals surface area contributed by atoms with Gasteiger partial charge in [0.1, 0.15) is 0 Å². The van der Waals surface area contributed by atoms with E-state index >= 15 is 0 Å². The predicted octanol–water partition coefficient (Wildman–Crippen LogP) is 3.80. The molecule has 3 atom stereocenters. The van der Waals surface area contributed by atoms with Crippen molar-refractivity contribution < 1.29 is 0 Å². The maximum Gasteiger partial charge on any atom is 0.0177 e. The first-order valence-electron chi connectivity index (χ1n) is 4.40. The SMILES string of the molecule is C=C(C)[C@H]1CC[C@H](C)CC1I. The van der Waals surface area contributed by atoms with E-state index in [0.717, 1.165) is 15.8 Å². The van der Waals surface area contributed by atoms with Crippen molar-refractivity contribution in [3.8, 4) is 0 Å². The third kappa shape index (κ3) is 2.46. The zero-order chi connectivity index (χ0) is 8.43. The van der Waals surface area contributed by atoms with Crippen molar-refractivity contribution in [1.82, 2.24) is 0 Å². The maximum atomic E-state index is 4.05. The van der Waals surface area contributed by atoms with Gasteiger partial charge in [0.15, 0.2) is 0 Å². The normalized spacial score (nSPS) is 38.6. The first-order chi connectivity index (χ1) is 5.11. The first kappa shape index (κ1) is 9.56. The molecule has 1 rings (SSSR count). The van der Waals surface area contributed by atoms with Crippen molar-refractivity contribution in [2.45, 2.75) is 37.0 Å². The second-order valence-corrected chi connectivity index (χ2v) is 5.49. The third-order valence-corrected chi connectivity index (χ3v) is 4.04. The summed E-state index contributed by atoms with van der Waals surface area (Å²) in [5.41, 5.74) is 1.39. The van der Waals surface area contributed by atoms with Crippen molar-refractivity contribution in [2.75, 3.05) is 0 Å². The molecule has 0 aliphatic heterocycles. The van der Waals surface area contributed by atoms with Gasteiger partial charge in [0.25, 0.3) is 0 Å². The molecule has 1 heteroatoms. The molecule has 0 nitrogen and oxygen atoms in total. The van der Waals surface area contributed by atoms with E-state index < -0.39 is 0 Å². The Morgan fingerprint density at radius 2 is 2.09 bits per heavy atom. The van der Waals surface area contributed by atoms with E-state index in [2.05, 4.69) is 43.0 Å². The minimum atomic E-state index is 0.798. The lowest BCUT2D eigenvalue weighted by Gasteiger charge is -2.31. The standard InChI is InChI=1S/C10H17I/c1-7(2)9-5-4-8(3)6-10(9)11/h8-10H,1,4-6H2,2-3H3/t8-,9+,10?/m0/s1. The molecule has 0 aromatic heterocycles. The summed E-state index contributed by atoms with van der Waals surface area (Å²) >= 11 is 2.59. The molecule has 1 saturated carbocycles. The molecule has 0 aromatic rings. The lowest BCUT2D eigenvalue weighted by molar-refractivity contribution is 0.340. The van der Waals surface area contributed by atoms with E-state index in [0.29, 0.717) is 0 Å². The van der Waals surface area contributed by atoms with Crippen LogP contribution in [-0.4, -0.2) is 3.92 Å². The van der Waals surface area contributed by atoms with Crippen LogP contribution in [0.25, 0.3) is 0 Å². The highest BCUT2D eigenvalue weighted by atomic mass is 127. The number of alkyl halides is 1. The Kier molecular flexibility index (Phi) is 3.41. The van der Waals surface area contributed by atoms with Crippen molar-refractivity contribution in [3.05, 3.63) is 12.2 Å². The van der Waals surface area contributed by atoms with E-state index in [9.17, 15) is 0 Å². The number of hydrogen-bond donors (Lipinski definition) is 0. The molecular formula is C10H17I. The summed E-state index contributed by atoms with van der Waals surface area (Å²) < 4.78 is 0.842. The average molecular weight is 264 g/mol. The van der Waals surface area contributed by atoms with Gasteiger partial charge in [-0.05, 0) is 31.6 Å². The molecule has 0 saturated heterocycles. The highest BCUT2D eigenvalue weighted by molar-refractivity contribution is 14.1. The Morgan fingerprint density at radius 3 is 2.55 bits per heavy atom. The molecule has 1 unspecified atom stereocenters. The van der Waals surface area contributed by atoms with Crippen LogP contribution in [0.2, 0.25) is 0 Å². The molecular weight excluding hydrogens is 247 g/mol. The maximum absolute atomic E-state index is 4.05. The van der Waals surface area contributed by atoms with Crippen molar-refractivity contribution >= 4 is 22.6 Å². The van der Waals surface area contributed by atoms with Gasteiger partial charge < -0.3 is 0 Å². The lowest BCUT2D eigenvalue weighted by atomic mass is 9.80. The minimum absolute atomic E-state index is 0.798. The van der Waals surface area contributed by atoms with Gasteiger partial charge in [-0.3, -0.25) is 0 Å². The lowest BCUT2D eigenvalue weighted by Crippen LogP contribution is -2.24. The van der Waals surface area contributed by atoms with Crippen LogP contribution in [0.15, 0.2) is 12.2 Å². The van der Waals surface area contributed by atoms with E-state index in [1.54, 1.807) is 0 Å². The first-order valence-corrected chi connectivity index (χ1v) is 5.65. The van der Waals surface area contributed by atoms with Gasteiger partial charge in [-0.1, -0.05) is 48.1 Å². The molecule has 64 valence electrons. The van der Waals surface area contributed by atoms with Crippen LogP contribution >= 0.6 is 22.6 Å². The fourth-order valence-electron chi connectivity index (χ4n) is 1.87. The molecule has 1 aliphatic carbocycles. The fraction of sp³-hybridized carbons (Fsp3) is 0.800. The summed E-state index contributed by atoms with van der Waals surface area (Å²) in [6.45, 7) is 8.58. The predicted molar refractivity (Wildman–Crippen MR) is 59.1 cm³/mol. The number of allylic oxidation sites excluding steroid dienone is 1. The fourth-order valence-corrected chi connectivity index (χ4v) is 3.71. The molecule has 0 bridgehead atoms. The molecule has 0 N–H and O–H groups in total. The average Bonchev–Trinajstić information content (AvgIpc) is 1.85. The minimum Gasteiger partial charge on any atom is -0.0998 e. The highest BCUT2D eigenvalue weighted by Gasteiger charge is 2.26. The Hall–Kier alpha value is 0.470. The van der Waals surface area contributed by atoms with Gasteiger partial charge in [-0.15, -0.1) is 0 Å². The van der Waals surface area contributed by atoms with Crippen LogP contribution in [-0.2, 0) is 0 Å². The van der Waals surface area contributed by atoms with Gasteiger partial charge in [-0.25, -0.2) is 0 Å². The van der Waals surface area contributed by atoms with Gasteiger partial charge >= 0.3 is 0 Å². The third-order valence-electron chi connectivity index (χ3n) is 2.67. The van der Waals surface area contributed by atoms with Crippen LogP contribution in [0.3, 0.4) is 0 Å². The summed E-state index contributed by atoms with van der Waals surface area (Å²) in [6.07, 6.45) is 4.15. The topological polar surface area (TPSA) is 0 Å². The Bertz CT molecular complexity index is 151. The molecule has 0 spiro atoms. The summed E-state index contributed by atoms with van der Waals surface area (Å²) in [4.78, 5) is 0. The zero-order valence-electron chi connectivity index (χ0n) is 7.44. The number of rotatable bonds is 1. The van der Waals surface area contributed by atoms with E-state index in [-0.39, 0.29) is 0 Å². The molecule has 1 fully saturated rings. The van der Waals surface area contributed by atoms with Crippen LogP contribution in [0.5, 0.6) is 0 Å². The van der Waals surface area contributed by atoms with Crippen LogP contribution in [0, 0.1) is 11.8 Å². The monoisotopic (exact) mass is 264 g/mol. The van der Waals surface area contributed by atoms with E-state index in [1.165, 1.54) is 24.8 Å². The van der Waals surface area contributed by atoms with Crippen LogP contribution in [0.4, 0.5) is 0 Å². The zero-order valence-corrected chi connectivity index (χ0v) is 9.60. The van der Waals surface area contributed by atoms with E-state index in [1.807, 2.05) is 0 Å². The molecule has 0 amide bonds. The summed E-state index contributed by atoms with van der Waals surface area (Å²) in [5, 5.41) is 0. The van der Waals surface area contributed by atoms with Crippen LogP contribution in [0.1, 0.15) is 33.1 Å². The largest absolute Gasteiger partial charge is 0.0998 e. The van der Waals surface area contributed by atoms with Crippen molar-refractivity contribution in [2.24, 2.45) is 11.8 Å². The molecule has 0 heterocycles. The number of hydrogen-bond acceptors (Lipinski definition) is 0. The van der Waals surface area contributed by atoms with Crippen molar-refractivity contribution in [3.63, 3.8) is 0 Å². The number of halogens is 1. The van der Waals surface area contributed by atoms with E-state index in [4.69, 9.17) is 0 Å². The Labute approximate surface area is 83.6 Å². The second-order valence-electron chi connectivity index (χ2n) is 3.89. The van der Waals surface area contributed by atoms with Gasteiger partial charge in [0.2, 0.25) is 0 Å². The smallest absolute Gasteiger partial charge is 0.0177 e. The van der Waals surface area contributed by atoms with Crippen molar-refractivity contribution in [1.29, 1.82) is 0 Å². The second kappa shape index (κ2) is 3.92. The van der Waals surface area contributed by atoms with Gasteiger partial charge in [-0.2, -0.15) is 0 Å². The summed E-state index contributed by atoms with van der Waals surface area (Å²) in [6, 6.07) is 0. The molecule has 0 aromatic carbocycles.